The Kier molecular flexibility index (Phi) is 6.63. The summed E-state index contributed by atoms with van der Waals surface area (Å²) >= 11 is 1.49. The Morgan fingerprint density at radius 1 is 1.00 bits per heavy atom. The number of anilines is 2. The molecule has 0 saturated heterocycles. The molecule has 0 radical (unpaired) electrons. The van der Waals surface area contributed by atoms with Gasteiger partial charge in [0.25, 0.3) is 11.8 Å². The van der Waals surface area contributed by atoms with Crippen LogP contribution in [-0.2, 0) is 12.8 Å². The van der Waals surface area contributed by atoms with Gasteiger partial charge < -0.3 is 10.6 Å². The molecule has 1 aliphatic carbocycles. The topological polar surface area (TPSA) is 58.2 Å². The molecule has 1 aliphatic rings. The summed E-state index contributed by atoms with van der Waals surface area (Å²) in [5.74, 6) is -0.459. The number of halogens is 1. The van der Waals surface area contributed by atoms with Crippen molar-refractivity contribution in [1.82, 2.24) is 0 Å². The number of carbonyl (C=O) groups excluding carboxylic acids is 2. The predicted molar refractivity (Wildman–Crippen MR) is 138 cm³/mol. The Bertz CT molecular complexity index is 1240. The number of hydrogen-bond acceptors (Lipinski definition) is 3. The van der Waals surface area contributed by atoms with E-state index in [2.05, 4.69) is 31.4 Å². The van der Waals surface area contributed by atoms with Crippen LogP contribution in [0.3, 0.4) is 0 Å². The normalized spacial score (nSPS) is 15.5. The van der Waals surface area contributed by atoms with Crippen LogP contribution in [0, 0.1) is 31.0 Å². The molecule has 0 saturated carbocycles. The summed E-state index contributed by atoms with van der Waals surface area (Å²) < 4.78 is 13.3. The number of thiophene rings is 1. The average Bonchev–Trinajstić information content (AvgIpc) is 3.12. The summed E-state index contributed by atoms with van der Waals surface area (Å²) in [6, 6.07) is 11.3. The highest BCUT2D eigenvalue weighted by Gasteiger charge is 2.34. The molecule has 4 nitrogen and oxygen atoms in total. The number of fused-ring (bicyclic) bond motifs is 1. The van der Waals surface area contributed by atoms with Gasteiger partial charge >= 0.3 is 0 Å². The van der Waals surface area contributed by atoms with Crippen molar-refractivity contribution >= 4 is 33.8 Å². The molecule has 2 amide bonds. The van der Waals surface area contributed by atoms with Crippen LogP contribution < -0.4 is 10.6 Å². The summed E-state index contributed by atoms with van der Waals surface area (Å²) in [6.07, 6.45) is 2.69. The zero-order chi connectivity index (χ0) is 24.6. The second kappa shape index (κ2) is 9.34. The quantitative estimate of drug-likeness (QED) is 0.418. The highest BCUT2D eigenvalue weighted by Crippen LogP contribution is 2.44. The Morgan fingerprint density at radius 3 is 2.35 bits per heavy atom. The Hall–Kier alpha value is -2.99. The summed E-state index contributed by atoms with van der Waals surface area (Å²) in [4.78, 5) is 27.6. The molecule has 0 spiro atoms. The fourth-order valence-electron chi connectivity index (χ4n) is 4.57. The molecular weight excluding hydrogens is 447 g/mol. The maximum atomic E-state index is 13.5. The largest absolute Gasteiger partial charge is 0.322 e. The van der Waals surface area contributed by atoms with Gasteiger partial charge in [0.2, 0.25) is 0 Å². The van der Waals surface area contributed by atoms with E-state index in [-0.39, 0.29) is 17.2 Å². The first kappa shape index (κ1) is 24.1. The number of amides is 2. The maximum absolute atomic E-state index is 13.5. The summed E-state index contributed by atoms with van der Waals surface area (Å²) in [5.41, 5.74) is 4.97. The van der Waals surface area contributed by atoms with E-state index in [4.69, 9.17) is 0 Å². The van der Waals surface area contributed by atoms with Crippen LogP contribution >= 0.6 is 11.3 Å². The van der Waals surface area contributed by atoms with Gasteiger partial charge in [0.1, 0.15) is 10.8 Å². The van der Waals surface area contributed by atoms with E-state index in [9.17, 15) is 14.0 Å². The lowest BCUT2D eigenvalue weighted by Gasteiger charge is -2.33. The van der Waals surface area contributed by atoms with Gasteiger partial charge in [-0.15, -0.1) is 11.3 Å². The van der Waals surface area contributed by atoms with Crippen LogP contribution in [0.15, 0.2) is 42.5 Å². The predicted octanol–water partition coefficient (Wildman–Crippen LogP) is 7.16. The van der Waals surface area contributed by atoms with Crippen LogP contribution in [0.1, 0.15) is 69.5 Å². The monoisotopic (exact) mass is 478 g/mol. The number of benzene rings is 2. The van der Waals surface area contributed by atoms with Crippen molar-refractivity contribution in [3.63, 3.8) is 0 Å². The number of rotatable bonds is 4. The van der Waals surface area contributed by atoms with Crippen molar-refractivity contribution in [1.29, 1.82) is 0 Å². The Morgan fingerprint density at radius 2 is 1.71 bits per heavy atom. The lowest BCUT2D eigenvalue weighted by Crippen LogP contribution is -2.27. The van der Waals surface area contributed by atoms with Crippen LogP contribution in [0.25, 0.3) is 0 Å². The van der Waals surface area contributed by atoms with E-state index < -0.39 is 5.82 Å². The number of carbonyl (C=O) groups is 2. The van der Waals surface area contributed by atoms with Crippen LogP contribution in [-0.4, -0.2) is 11.8 Å². The number of nitrogens with one attached hydrogen (secondary N) is 2. The van der Waals surface area contributed by atoms with Crippen molar-refractivity contribution in [3.05, 3.63) is 81.0 Å². The first-order chi connectivity index (χ1) is 16.0. The fourth-order valence-corrected chi connectivity index (χ4v) is 5.89. The lowest BCUT2D eigenvalue weighted by molar-refractivity contribution is 0.102. The number of hydrogen-bond donors (Lipinski definition) is 2. The maximum Gasteiger partial charge on any atom is 0.258 e. The van der Waals surface area contributed by atoms with E-state index in [0.29, 0.717) is 22.0 Å². The van der Waals surface area contributed by atoms with Gasteiger partial charge in [-0.3, -0.25) is 9.59 Å². The first-order valence-corrected chi connectivity index (χ1v) is 12.4. The van der Waals surface area contributed by atoms with Crippen molar-refractivity contribution in [2.75, 3.05) is 10.6 Å². The first-order valence-electron chi connectivity index (χ1n) is 11.6. The highest BCUT2D eigenvalue weighted by molar-refractivity contribution is 7.17. The van der Waals surface area contributed by atoms with Crippen molar-refractivity contribution in [3.8, 4) is 0 Å². The Balaban J connectivity index is 1.69. The van der Waals surface area contributed by atoms with Gasteiger partial charge in [-0.25, -0.2) is 4.39 Å². The molecule has 0 bridgehead atoms. The minimum absolute atomic E-state index is 0.167. The third kappa shape index (κ3) is 5.07. The molecule has 34 heavy (non-hydrogen) atoms. The molecule has 1 heterocycles. The van der Waals surface area contributed by atoms with Gasteiger partial charge in [-0.2, -0.15) is 0 Å². The summed E-state index contributed by atoms with van der Waals surface area (Å²) in [7, 11) is 0. The van der Waals surface area contributed by atoms with Crippen molar-refractivity contribution < 1.29 is 14.0 Å². The van der Waals surface area contributed by atoms with Crippen molar-refractivity contribution in [2.24, 2.45) is 11.3 Å². The molecule has 0 aliphatic heterocycles. The van der Waals surface area contributed by atoms with Gasteiger partial charge in [-0.1, -0.05) is 38.5 Å². The summed E-state index contributed by atoms with van der Waals surface area (Å²) in [5, 5.41) is 6.55. The highest BCUT2D eigenvalue weighted by atomic mass is 32.1. The third-order valence-corrected chi connectivity index (χ3v) is 7.85. The second-order valence-corrected chi connectivity index (χ2v) is 11.4. The van der Waals surface area contributed by atoms with E-state index in [1.807, 2.05) is 32.0 Å². The average molecular weight is 479 g/mol. The SMILES string of the molecule is Cc1ccc(NC(=O)c2c(NC(=O)c3ccc(F)cc3)sc3c2CCC(C(C)(C)C)C3)c(C)c1. The fraction of sp³-hybridized carbons (Fsp3) is 0.357. The molecule has 1 unspecified atom stereocenters. The third-order valence-electron chi connectivity index (χ3n) is 6.68. The van der Waals surface area contributed by atoms with Gasteiger partial charge in [-0.05, 0) is 85.9 Å². The van der Waals surface area contributed by atoms with Crippen molar-refractivity contribution in [2.45, 2.75) is 53.9 Å². The molecule has 4 rings (SSSR count). The Labute approximate surface area is 204 Å². The van der Waals surface area contributed by atoms with Gasteiger partial charge in [0, 0.05) is 16.1 Å². The molecule has 2 N–H and O–H groups in total. The zero-order valence-corrected chi connectivity index (χ0v) is 21.2. The minimum atomic E-state index is -0.398. The molecule has 1 aromatic heterocycles. The second-order valence-electron chi connectivity index (χ2n) is 10.2. The van der Waals surface area contributed by atoms with E-state index in [0.717, 1.165) is 46.5 Å². The van der Waals surface area contributed by atoms with E-state index in [1.54, 1.807) is 0 Å². The van der Waals surface area contributed by atoms with Crippen LogP contribution in [0.5, 0.6) is 0 Å². The standard InChI is InChI=1S/C28H31FN2O2S/c1-16-6-13-22(17(2)14-16)30-26(33)24-21-12-9-19(28(3,4)5)15-23(21)34-27(24)31-25(32)18-7-10-20(29)11-8-18/h6-8,10-11,13-14,19H,9,12,15H2,1-5H3,(H,30,33)(H,31,32). The van der Waals surface area contributed by atoms with Crippen LogP contribution in [0.4, 0.5) is 15.1 Å². The molecular formula is C28H31FN2O2S. The van der Waals surface area contributed by atoms with Crippen LogP contribution in [0.2, 0.25) is 0 Å². The molecule has 0 fully saturated rings. The summed E-state index contributed by atoms with van der Waals surface area (Å²) in [6.45, 7) is 10.7. The minimum Gasteiger partial charge on any atom is -0.322 e. The molecule has 6 heteroatoms. The van der Waals surface area contributed by atoms with E-state index >= 15 is 0 Å². The number of aryl methyl sites for hydroxylation is 2. The van der Waals surface area contributed by atoms with E-state index in [1.165, 1.54) is 35.6 Å². The smallest absolute Gasteiger partial charge is 0.258 e. The molecule has 3 aromatic rings. The zero-order valence-electron chi connectivity index (χ0n) is 20.3. The van der Waals surface area contributed by atoms with Gasteiger partial charge in [0.05, 0.1) is 5.56 Å². The van der Waals surface area contributed by atoms with Gasteiger partial charge in [0.15, 0.2) is 0 Å². The lowest BCUT2D eigenvalue weighted by atomic mass is 9.72. The molecule has 2 aromatic carbocycles. The molecule has 1 atom stereocenters. The molecule has 178 valence electrons.